The number of nitrogens with zero attached hydrogens (tertiary/aromatic N) is 2. The minimum atomic E-state index is -0.329. The van der Waals surface area contributed by atoms with Gasteiger partial charge in [-0.1, -0.05) is 11.6 Å². The van der Waals surface area contributed by atoms with Gasteiger partial charge >= 0.3 is 0 Å². The molecule has 2 aromatic rings. The summed E-state index contributed by atoms with van der Waals surface area (Å²) in [4.78, 5) is 4.05. The van der Waals surface area contributed by atoms with E-state index in [-0.39, 0.29) is 5.82 Å². The number of hydrogen-bond donors (Lipinski definition) is 1. The van der Waals surface area contributed by atoms with E-state index >= 15 is 0 Å². The first-order chi connectivity index (χ1) is 7.22. The van der Waals surface area contributed by atoms with Crippen molar-refractivity contribution in [1.82, 2.24) is 9.55 Å². The van der Waals surface area contributed by atoms with Crippen LogP contribution in [0.4, 0.5) is 10.3 Å². The van der Waals surface area contributed by atoms with E-state index in [0.717, 1.165) is 0 Å². The molecule has 0 radical (unpaired) electrons. The van der Waals surface area contributed by atoms with Crippen LogP contribution < -0.4 is 5.32 Å². The number of nitrogens with one attached hydrogen (secondary N) is 1. The summed E-state index contributed by atoms with van der Waals surface area (Å²) in [6.07, 6.45) is 3.33. The largest absolute Gasteiger partial charge is 0.358 e. The Kier molecular flexibility index (Phi) is 2.60. The van der Waals surface area contributed by atoms with E-state index in [1.54, 1.807) is 24.0 Å². The molecule has 0 amide bonds. The Bertz CT molecular complexity index is 481. The number of imidazole rings is 1. The highest BCUT2D eigenvalue weighted by atomic mass is 35.5. The van der Waals surface area contributed by atoms with Crippen LogP contribution >= 0.6 is 11.6 Å². The summed E-state index contributed by atoms with van der Waals surface area (Å²) >= 11 is 5.97. The summed E-state index contributed by atoms with van der Waals surface area (Å²) in [5, 5.41) is 3.37. The van der Waals surface area contributed by atoms with E-state index in [4.69, 9.17) is 11.6 Å². The number of benzene rings is 1. The van der Waals surface area contributed by atoms with Gasteiger partial charge in [0.05, 0.1) is 10.7 Å². The zero-order chi connectivity index (χ0) is 10.8. The fourth-order valence-corrected chi connectivity index (χ4v) is 1.56. The highest BCUT2D eigenvalue weighted by Gasteiger charge is 2.07. The van der Waals surface area contributed by atoms with Crippen molar-refractivity contribution in [3.8, 4) is 5.69 Å². The summed E-state index contributed by atoms with van der Waals surface area (Å²) < 4.78 is 14.7. The van der Waals surface area contributed by atoms with Gasteiger partial charge in [-0.25, -0.2) is 9.37 Å². The molecule has 78 valence electrons. The lowest BCUT2D eigenvalue weighted by atomic mass is 10.3. The Hall–Kier alpha value is -1.55. The van der Waals surface area contributed by atoms with Gasteiger partial charge in [0.25, 0.3) is 0 Å². The maximum absolute atomic E-state index is 13.1. The van der Waals surface area contributed by atoms with Gasteiger partial charge in [-0.15, -0.1) is 0 Å². The van der Waals surface area contributed by atoms with Gasteiger partial charge in [0, 0.05) is 19.4 Å². The topological polar surface area (TPSA) is 29.9 Å². The van der Waals surface area contributed by atoms with Gasteiger partial charge in [-0.3, -0.25) is 4.57 Å². The van der Waals surface area contributed by atoms with Crippen molar-refractivity contribution in [1.29, 1.82) is 0 Å². The second-order valence-electron chi connectivity index (χ2n) is 2.97. The van der Waals surface area contributed by atoms with Crippen LogP contribution in [-0.4, -0.2) is 16.6 Å². The number of aromatic nitrogens is 2. The van der Waals surface area contributed by atoms with Crippen LogP contribution in [0, 0.1) is 5.82 Å². The molecule has 0 unspecified atom stereocenters. The highest BCUT2D eigenvalue weighted by molar-refractivity contribution is 6.32. The van der Waals surface area contributed by atoms with Crippen molar-refractivity contribution in [3.05, 3.63) is 41.4 Å². The van der Waals surface area contributed by atoms with Crippen LogP contribution in [0.1, 0.15) is 0 Å². The van der Waals surface area contributed by atoms with Crippen molar-refractivity contribution in [3.63, 3.8) is 0 Å². The van der Waals surface area contributed by atoms with Crippen LogP contribution in [-0.2, 0) is 0 Å². The van der Waals surface area contributed by atoms with E-state index in [9.17, 15) is 4.39 Å². The molecule has 3 nitrogen and oxygen atoms in total. The normalized spacial score (nSPS) is 10.3. The Morgan fingerprint density at radius 3 is 3.00 bits per heavy atom. The third-order valence-corrected chi connectivity index (χ3v) is 2.35. The first-order valence-corrected chi connectivity index (χ1v) is 4.76. The van der Waals surface area contributed by atoms with Crippen LogP contribution in [0.3, 0.4) is 0 Å². The van der Waals surface area contributed by atoms with Gasteiger partial charge in [0.2, 0.25) is 5.95 Å². The molecule has 0 saturated heterocycles. The highest BCUT2D eigenvalue weighted by Crippen LogP contribution is 2.23. The molecule has 0 aliphatic rings. The maximum Gasteiger partial charge on any atom is 0.207 e. The molecule has 2 rings (SSSR count). The molecular weight excluding hydrogens is 217 g/mol. The summed E-state index contributed by atoms with van der Waals surface area (Å²) in [5.74, 6) is 0.285. The van der Waals surface area contributed by atoms with Crippen LogP contribution in [0.25, 0.3) is 5.69 Å². The smallest absolute Gasteiger partial charge is 0.207 e. The molecule has 5 heteroatoms. The van der Waals surface area contributed by atoms with E-state index in [2.05, 4.69) is 10.3 Å². The summed E-state index contributed by atoms with van der Waals surface area (Å²) in [6, 6.07) is 4.21. The first kappa shape index (κ1) is 9.98. The molecule has 0 fully saturated rings. The van der Waals surface area contributed by atoms with Gasteiger partial charge < -0.3 is 5.32 Å². The lowest BCUT2D eigenvalue weighted by molar-refractivity contribution is 0.626. The lowest BCUT2D eigenvalue weighted by Crippen LogP contribution is -2.01. The predicted molar refractivity (Wildman–Crippen MR) is 58.1 cm³/mol. The first-order valence-electron chi connectivity index (χ1n) is 4.39. The molecule has 0 aliphatic carbocycles. The third-order valence-electron chi connectivity index (χ3n) is 2.03. The third kappa shape index (κ3) is 1.80. The molecule has 1 N–H and O–H groups in total. The van der Waals surface area contributed by atoms with E-state index in [1.807, 2.05) is 0 Å². The summed E-state index contributed by atoms with van der Waals surface area (Å²) in [7, 11) is 1.74. The fraction of sp³-hybridized carbons (Fsp3) is 0.100. The average molecular weight is 226 g/mol. The Labute approximate surface area is 91.5 Å². The standard InChI is InChI=1S/C10H9ClFN3/c1-13-10-14-4-5-15(10)9-6-7(12)2-3-8(9)11/h2-6H,1H3,(H,13,14). The fourth-order valence-electron chi connectivity index (χ4n) is 1.35. The SMILES string of the molecule is CNc1nccn1-c1cc(F)ccc1Cl. The van der Waals surface area contributed by atoms with Crippen molar-refractivity contribution in [2.24, 2.45) is 0 Å². The second kappa shape index (κ2) is 3.90. The average Bonchev–Trinajstić information content (AvgIpc) is 2.69. The summed E-state index contributed by atoms with van der Waals surface area (Å²) in [5.41, 5.74) is 0.568. The second-order valence-corrected chi connectivity index (χ2v) is 3.37. The zero-order valence-electron chi connectivity index (χ0n) is 8.04. The van der Waals surface area contributed by atoms with Crippen LogP contribution in [0.15, 0.2) is 30.6 Å². The van der Waals surface area contributed by atoms with Crippen LogP contribution in [0.5, 0.6) is 0 Å². The predicted octanol–water partition coefficient (Wildman–Crippen LogP) is 2.71. The van der Waals surface area contributed by atoms with Gasteiger partial charge in [0.15, 0.2) is 0 Å². The van der Waals surface area contributed by atoms with E-state index < -0.39 is 0 Å². The van der Waals surface area contributed by atoms with Crippen molar-refractivity contribution in [2.45, 2.75) is 0 Å². The Morgan fingerprint density at radius 2 is 2.27 bits per heavy atom. The molecule has 1 aromatic carbocycles. The van der Waals surface area contributed by atoms with E-state index in [0.29, 0.717) is 16.7 Å². The van der Waals surface area contributed by atoms with E-state index in [1.165, 1.54) is 18.2 Å². The maximum atomic E-state index is 13.1. The van der Waals surface area contributed by atoms with Crippen molar-refractivity contribution < 1.29 is 4.39 Å². The molecule has 0 saturated carbocycles. The molecule has 1 aromatic heterocycles. The van der Waals surface area contributed by atoms with Gasteiger partial charge in [-0.05, 0) is 18.2 Å². The quantitative estimate of drug-likeness (QED) is 0.852. The number of anilines is 1. The molecule has 15 heavy (non-hydrogen) atoms. The number of rotatable bonds is 2. The molecule has 0 atom stereocenters. The lowest BCUT2D eigenvalue weighted by Gasteiger charge is -2.08. The van der Waals surface area contributed by atoms with Gasteiger partial charge in [0.1, 0.15) is 5.82 Å². The summed E-state index contributed by atoms with van der Waals surface area (Å²) in [6.45, 7) is 0. The minimum Gasteiger partial charge on any atom is -0.358 e. The Balaban J connectivity index is 2.58. The number of hydrogen-bond acceptors (Lipinski definition) is 2. The minimum absolute atomic E-state index is 0.329. The Morgan fingerprint density at radius 1 is 1.47 bits per heavy atom. The van der Waals surface area contributed by atoms with Crippen LogP contribution in [0.2, 0.25) is 5.02 Å². The molecule has 1 heterocycles. The monoisotopic (exact) mass is 225 g/mol. The van der Waals surface area contributed by atoms with Gasteiger partial charge in [-0.2, -0.15) is 0 Å². The van der Waals surface area contributed by atoms with Crippen molar-refractivity contribution in [2.75, 3.05) is 12.4 Å². The van der Waals surface area contributed by atoms with Crippen molar-refractivity contribution >= 4 is 17.5 Å². The molecule has 0 aliphatic heterocycles. The molecular formula is C10H9ClFN3. The number of halogens is 2. The zero-order valence-corrected chi connectivity index (χ0v) is 8.79. The molecule has 0 spiro atoms. The molecule has 0 bridgehead atoms.